The molecule has 0 unspecified atom stereocenters. The lowest BCUT2D eigenvalue weighted by Crippen LogP contribution is -2.50. The molecule has 2 aliphatic rings. The van der Waals surface area contributed by atoms with Crippen LogP contribution in [0.4, 0.5) is 0 Å². The number of primary amides is 1. The van der Waals surface area contributed by atoms with E-state index in [0.717, 1.165) is 30.8 Å². The second kappa shape index (κ2) is 6.81. The molecule has 1 atom stereocenters. The Kier molecular flexibility index (Phi) is 4.47. The highest BCUT2D eigenvalue weighted by Crippen LogP contribution is 2.25. The largest absolute Gasteiger partial charge is 0.364 e. The first-order valence-electron chi connectivity index (χ1n) is 9.40. The molecule has 2 N–H and O–H groups in total. The molecular formula is C20H25N5O2. The number of nitrogens with two attached hydrogens (primary N) is 1. The summed E-state index contributed by atoms with van der Waals surface area (Å²) in [4.78, 5) is 28.9. The van der Waals surface area contributed by atoms with E-state index in [0.29, 0.717) is 19.5 Å². The predicted octanol–water partition coefficient (Wildman–Crippen LogP) is 0.851. The average Bonchev–Trinajstić information content (AvgIpc) is 3.03. The van der Waals surface area contributed by atoms with Crippen LogP contribution in [-0.2, 0) is 37.8 Å². The summed E-state index contributed by atoms with van der Waals surface area (Å²) in [7, 11) is 1.82. The predicted molar refractivity (Wildman–Crippen MR) is 101 cm³/mol. The zero-order chi connectivity index (χ0) is 19.1. The first kappa shape index (κ1) is 17.7. The Morgan fingerprint density at radius 2 is 1.85 bits per heavy atom. The summed E-state index contributed by atoms with van der Waals surface area (Å²) in [5.74, 6) is -0.443. The Labute approximate surface area is 158 Å². The Morgan fingerprint density at radius 3 is 2.59 bits per heavy atom. The number of hydrogen-bond acceptors (Lipinski definition) is 4. The molecule has 4 rings (SSSR count). The van der Waals surface area contributed by atoms with E-state index in [1.54, 1.807) is 4.68 Å². The number of hydrogen-bond donors (Lipinski definition) is 1. The van der Waals surface area contributed by atoms with Crippen LogP contribution in [0.15, 0.2) is 24.3 Å². The van der Waals surface area contributed by atoms with Gasteiger partial charge in [-0.15, -0.1) is 0 Å². The van der Waals surface area contributed by atoms with E-state index in [1.165, 1.54) is 11.1 Å². The first-order valence-corrected chi connectivity index (χ1v) is 9.40. The van der Waals surface area contributed by atoms with Crippen LogP contribution in [0.3, 0.4) is 0 Å². The zero-order valence-corrected chi connectivity index (χ0v) is 15.8. The van der Waals surface area contributed by atoms with Crippen LogP contribution in [0.1, 0.15) is 39.8 Å². The Bertz CT molecular complexity index is 904. The molecule has 7 heteroatoms. The van der Waals surface area contributed by atoms with Gasteiger partial charge >= 0.3 is 0 Å². The summed E-state index contributed by atoms with van der Waals surface area (Å²) in [6, 6.07) is 8.22. The molecule has 2 aromatic rings. The molecule has 3 heterocycles. The van der Waals surface area contributed by atoms with Gasteiger partial charge in [-0.25, -0.2) is 0 Å². The second-order valence-corrected chi connectivity index (χ2v) is 7.44. The van der Waals surface area contributed by atoms with Gasteiger partial charge < -0.3 is 10.6 Å². The number of amides is 2. The monoisotopic (exact) mass is 367 g/mol. The van der Waals surface area contributed by atoms with Crippen molar-refractivity contribution >= 4 is 11.8 Å². The van der Waals surface area contributed by atoms with E-state index in [-0.39, 0.29) is 17.6 Å². The highest BCUT2D eigenvalue weighted by molar-refractivity contribution is 5.93. The zero-order valence-electron chi connectivity index (χ0n) is 15.8. The summed E-state index contributed by atoms with van der Waals surface area (Å²) in [6.07, 6.45) is 1.65. The molecule has 2 amide bonds. The van der Waals surface area contributed by atoms with Gasteiger partial charge in [-0.2, -0.15) is 5.10 Å². The van der Waals surface area contributed by atoms with Crippen molar-refractivity contribution in [2.24, 2.45) is 12.8 Å². The van der Waals surface area contributed by atoms with E-state index in [2.05, 4.69) is 34.3 Å². The molecule has 2 aliphatic heterocycles. The number of carbonyl (C=O) groups is 2. The third-order valence-electron chi connectivity index (χ3n) is 5.85. The van der Waals surface area contributed by atoms with Crippen LogP contribution >= 0.6 is 0 Å². The van der Waals surface area contributed by atoms with Crippen molar-refractivity contribution in [3.05, 3.63) is 52.3 Å². The molecule has 0 fully saturated rings. The molecule has 1 aromatic heterocycles. The molecule has 27 heavy (non-hydrogen) atoms. The molecule has 0 saturated heterocycles. The molecule has 142 valence electrons. The van der Waals surface area contributed by atoms with E-state index in [1.807, 2.05) is 18.9 Å². The molecule has 0 bridgehead atoms. The first-order chi connectivity index (χ1) is 13.0. The lowest BCUT2D eigenvalue weighted by molar-refractivity contribution is -0.137. The maximum absolute atomic E-state index is 13.1. The minimum absolute atomic E-state index is 0.0966. The number of carbonyl (C=O) groups excluding carboxylic acids is 2. The average molecular weight is 367 g/mol. The maximum Gasteiger partial charge on any atom is 0.269 e. The number of aryl methyl sites for hydroxylation is 1. The standard InChI is InChI=1S/C20H25N5O2/c1-13(24-9-7-14-5-3-4-6-15(14)11-24)20(27)25-10-8-17-16(12-25)18(19(21)26)22-23(17)2/h3-6,13H,7-12H2,1-2H3,(H2,21,26)/t13-/m0/s1. The van der Waals surface area contributed by atoms with Crippen molar-refractivity contribution in [1.82, 2.24) is 19.6 Å². The summed E-state index contributed by atoms with van der Waals surface area (Å²) in [5, 5.41) is 4.24. The highest BCUT2D eigenvalue weighted by atomic mass is 16.2. The second-order valence-electron chi connectivity index (χ2n) is 7.44. The Hall–Kier alpha value is -2.67. The van der Waals surface area contributed by atoms with Crippen LogP contribution in [0, 0.1) is 0 Å². The lowest BCUT2D eigenvalue weighted by Gasteiger charge is -2.37. The molecule has 0 radical (unpaired) electrons. The number of rotatable bonds is 3. The summed E-state index contributed by atoms with van der Waals surface area (Å²) >= 11 is 0. The van der Waals surface area contributed by atoms with Gasteiger partial charge in [0.25, 0.3) is 5.91 Å². The molecule has 7 nitrogen and oxygen atoms in total. The van der Waals surface area contributed by atoms with Crippen molar-refractivity contribution in [1.29, 1.82) is 0 Å². The summed E-state index contributed by atoms with van der Waals surface area (Å²) < 4.78 is 1.71. The normalized spacial score (nSPS) is 17.9. The lowest BCUT2D eigenvalue weighted by atomic mass is 9.98. The third kappa shape index (κ3) is 3.12. The number of benzene rings is 1. The van der Waals surface area contributed by atoms with Crippen LogP contribution in [0.2, 0.25) is 0 Å². The van der Waals surface area contributed by atoms with Crippen LogP contribution < -0.4 is 5.73 Å². The smallest absolute Gasteiger partial charge is 0.269 e. The molecule has 0 spiro atoms. The van der Waals surface area contributed by atoms with Crippen molar-refractivity contribution in [3.8, 4) is 0 Å². The number of fused-ring (bicyclic) bond motifs is 2. The van der Waals surface area contributed by atoms with E-state index < -0.39 is 5.91 Å². The van der Waals surface area contributed by atoms with Gasteiger partial charge in [-0.3, -0.25) is 19.2 Å². The van der Waals surface area contributed by atoms with Crippen LogP contribution in [-0.4, -0.2) is 50.5 Å². The van der Waals surface area contributed by atoms with Crippen molar-refractivity contribution in [3.63, 3.8) is 0 Å². The van der Waals surface area contributed by atoms with E-state index in [9.17, 15) is 9.59 Å². The summed E-state index contributed by atoms with van der Waals surface area (Å²) in [5.41, 5.74) is 10.2. The molecule has 0 aliphatic carbocycles. The SMILES string of the molecule is C[C@@H](C(=O)N1CCc2c(c(C(N)=O)nn2C)C1)N1CCc2ccccc2C1. The van der Waals surface area contributed by atoms with E-state index >= 15 is 0 Å². The van der Waals surface area contributed by atoms with Crippen LogP contribution in [0.25, 0.3) is 0 Å². The van der Waals surface area contributed by atoms with Crippen molar-refractivity contribution in [2.75, 3.05) is 13.1 Å². The van der Waals surface area contributed by atoms with Gasteiger partial charge in [0, 0.05) is 50.9 Å². The third-order valence-corrected chi connectivity index (χ3v) is 5.85. The van der Waals surface area contributed by atoms with E-state index in [4.69, 9.17) is 5.73 Å². The number of nitrogens with zero attached hydrogens (tertiary/aromatic N) is 4. The van der Waals surface area contributed by atoms with Gasteiger partial charge in [0.15, 0.2) is 5.69 Å². The fourth-order valence-electron chi connectivity index (χ4n) is 4.25. The Balaban J connectivity index is 1.50. The van der Waals surface area contributed by atoms with Crippen LogP contribution in [0.5, 0.6) is 0 Å². The Morgan fingerprint density at radius 1 is 1.11 bits per heavy atom. The quantitative estimate of drug-likeness (QED) is 0.872. The number of aromatic nitrogens is 2. The minimum Gasteiger partial charge on any atom is -0.364 e. The topological polar surface area (TPSA) is 84.5 Å². The maximum atomic E-state index is 13.1. The van der Waals surface area contributed by atoms with Gasteiger partial charge in [0.05, 0.1) is 6.04 Å². The highest BCUT2D eigenvalue weighted by Gasteiger charge is 2.33. The minimum atomic E-state index is -0.540. The fourth-order valence-corrected chi connectivity index (χ4v) is 4.25. The molecule has 1 aromatic carbocycles. The van der Waals surface area contributed by atoms with Gasteiger partial charge in [0.1, 0.15) is 0 Å². The van der Waals surface area contributed by atoms with Gasteiger partial charge in [-0.1, -0.05) is 24.3 Å². The molecule has 0 saturated carbocycles. The van der Waals surface area contributed by atoms with Crippen molar-refractivity contribution < 1.29 is 9.59 Å². The van der Waals surface area contributed by atoms with Crippen molar-refractivity contribution in [2.45, 2.75) is 38.9 Å². The summed E-state index contributed by atoms with van der Waals surface area (Å²) in [6.45, 7) is 4.68. The molecular weight excluding hydrogens is 342 g/mol. The van der Waals surface area contributed by atoms with Gasteiger partial charge in [0.2, 0.25) is 5.91 Å². The fraction of sp³-hybridized carbons (Fsp3) is 0.450. The van der Waals surface area contributed by atoms with Gasteiger partial charge in [-0.05, 0) is 24.5 Å².